The predicted octanol–water partition coefficient (Wildman–Crippen LogP) is 2.91. The molecule has 0 bridgehead atoms. The highest BCUT2D eigenvalue weighted by Crippen LogP contribution is 2.36. The number of aliphatic imine (C=N–C) groups is 1. The molecule has 1 amide bonds. The molecule has 10 heteroatoms. The van der Waals surface area contributed by atoms with Crippen LogP contribution < -0.4 is 11.1 Å². The molecule has 1 aromatic heterocycles. The summed E-state index contributed by atoms with van der Waals surface area (Å²) in [7, 11) is -3.47. The van der Waals surface area contributed by atoms with Crippen molar-refractivity contribution in [2.45, 2.75) is 31.1 Å². The van der Waals surface area contributed by atoms with Crippen molar-refractivity contribution >= 4 is 38.9 Å². The Kier molecular flexibility index (Phi) is 5.64. The highest BCUT2D eigenvalue weighted by molar-refractivity contribution is 7.92. The van der Waals surface area contributed by atoms with E-state index in [4.69, 9.17) is 17.3 Å². The molecule has 0 aliphatic carbocycles. The van der Waals surface area contributed by atoms with Crippen molar-refractivity contribution in [3.8, 4) is 0 Å². The molecule has 154 valence electrons. The summed E-state index contributed by atoms with van der Waals surface area (Å²) in [5.74, 6) is -1.31. The fourth-order valence-corrected chi connectivity index (χ4v) is 4.62. The monoisotopic (exact) mass is 438 g/mol. The largest absolute Gasteiger partial charge is 0.386 e. The summed E-state index contributed by atoms with van der Waals surface area (Å²) in [5.41, 5.74) is 5.30. The Morgan fingerprint density at radius 3 is 2.72 bits per heavy atom. The Morgan fingerprint density at radius 1 is 1.34 bits per heavy atom. The van der Waals surface area contributed by atoms with Crippen molar-refractivity contribution < 1.29 is 17.6 Å². The lowest BCUT2D eigenvalue weighted by atomic mass is 9.89. The van der Waals surface area contributed by atoms with E-state index in [0.717, 1.165) is 0 Å². The van der Waals surface area contributed by atoms with Crippen LogP contribution >= 0.6 is 11.6 Å². The molecule has 3 N–H and O–H groups in total. The Balaban J connectivity index is 1.94. The Bertz CT molecular complexity index is 1090. The van der Waals surface area contributed by atoms with Crippen LogP contribution in [0.3, 0.4) is 0 Å². The van der Waals surface area contributed by atoms with Crippen LogP contribution in [0.4, 0.5) is 10.1 Å². The third-order valence-electron chi connectivity index (χ3n) is 4.97. The van der Waals surface area contributed by atoms with E-state index in [1.165, 1.54) is 43.5 Å². The number of rotatable bonds is 3. The van der Waals surface area contributed by atoms with Crippen molar-refractivity contribution in [1.82, 2.24) is 4.98 Å². The van der Waals surface area contributed by atoms with E-state index in [2.05, 4.69) is 15.3 Å². The number of aromatic nitrogens is 1. The Labute approximate surface area is 173 Å². The van der Waals surface area contributed by atoms with E-state index < -0.39 is 32.4 Å². The van der Waals surface area contributed by atoms with Crippen LogP contribution in [0.5, 0.6) is 0 Å². The molecule has 1 aromatic carbocycles. The molecule has 0 radical (unpaired) electrons. The quantitative estimate of drug-likeness (QED) is 0.764. The number of benzene rings is 1. The third kappa shape index (κ3) is 4.40. The smallest absolute Gasteiger partial charge is 0.274 e. The number of nitrogens with one attached hydrogen (secondary N) is 1. The Morgan fingerprint density at radius 2 is 2.07 bits per heavy atom. The van der Waals surface area contributed by atoms with Gasteiger partial charge in [-0.3, -0.25) is 9.79 Å². The third-order valence-corrected chi connectivity index (χ3v) is 7.28. The zero-order valence-corrected chi connectivity index (χ0v) is 17.4. The van der Waals surface area contributed by atoms with Crippen molar-refractivity contribution in [3.63, 3.8) is 0 Å². The van der Waals surface area contributed by atoms with Crippen LogP contribution in [-0.4, -0.2) is 36.1 Å². The maximum Gasteiger partial charge on any atom is 0.274 e. The normalized spacial score (nSPS) is 23.7. The summed E-state index contributed by atoms with van der Waals surface area (Å²) in [6.07, 6.45) is 1.41. The molecule has 0 saturated heterocycles. The lowest BCUT2D eigenvalue weighted by Crippen LogP contribution is -2.33. The number of hydrogen-bond acceptors (Lipinski definition) is 6. The van der Waals surface area contributed by atoms with Crippen molar-refractivity contribution in [1.29, 1.82) is 0 Å². The lowest BCUT2D eigenvalue weighted by Gasteiger charge is -2.25. The number of sulfone groups is 1. The van der Waals surface area contributed by atoms with Gasteiger partial charge in [-0.2, -0.15) is 0 Å². The number of carbonyl (C=O) groups excluding carboxylic acids is 1. The minimum absolute atomic E-state index is 0.0629. The number of carbonyl (C=O) groups is 1. The van der Waals surface area contributed by atoms with Crippen molar-refractivity contribution in [2.75, 3.05) is 11.1 Å². The number of pyridine rings is 1. The van der Waals surface area contributed by atoms with Gasteiger partial charge in [0.1, 0.15) is 22.6 Å². The number of anilines is 1. The van der Waals surface area contributed by atoms with E-state index in [1.807, 2.05) is 0 Å². The molecule has 0 saturated carbocycles. The molecule has 3 rings (SSSR count). The van der Waals surface area contributed by atoms with Gasteiger partial charge in [0, 0.05) is 17.4 Å². The fraction of sp³-hybridized carbons (Fsp3) is 0.316. The van der Waals surface area contributed by atoms with Crippen LogP contribution in [-0.2, 0) is 15.4 Å². The summed E-state index contributed by atoms with van der Waals surface area (Å²) in [6.45, 7) is 3.09. The molecule has 2 atom stereocenters. The highest BCUT2D eigenvalue weighted by Gasteiger charge is 2.38. The van der Waals surface area contributed by atoms with Gasteiger partial charge in [0.05, 0.1) is 16.3 Å². The number of nitrogens with two attached hydrogens (primary N) is 1. The standard InChI is InChI=1S/C19H20ClFN4O3S/c1-11-17(22)25-19(2,7-8-29(11,27)28)14-9-13(4-5-15(14)21)24-18(26)16-6-3-12(20)10-23-16/h3-6,9-11H,7-8H2,1-2H3,(H2,22,25)(H,24,26)/t11?,19-/m0/s1. The number of halogens is 2. The average Bonchev–Trinajstić information content (AvgIpc) is 2.74. The maximum atomic E-state index is 14.7. The molecule has 2 heterocycles. The van der Waals surface area contributed by atoms with E-state index in [-0.39, 0.29) is 29.3 Å². The van der Waals surface area contributed by atoms with Crippen LogP contribution in [0.2, 0.25) is 5.02 Å². The van der Waals surface area contributed by atoms with Gasteiger partial charge in [0.25, 0.3) is 5.91 Å². The first-order chi connectivity index (χ1) is 13.5. The van der Waals surface area contributed by atoms with Crippen LogP contribution in [0.1, 0.15) is 36.3 Å². The SMILES string of the molecule is CC1C(N)=N[C@](C)(c2cc(NC(=O)c3ccc(Cl)cn3)ccc2F)CCS1(=O)=O. The summed E-state index contributed by atoms with van der Waals surface area (Å²) in [5, 5.41) is 2.10. The fourth-order valence-electron chi connectivity index (χ4n) is 3.05. The lowest BCUT2D eigenvalue weighted by molar-refractivity contribution is 0.102. The summed E-state index contributed by atoms with van der Waals surface area (Å²) >= 11 is 5.77. The van der Waals surface area contributed by atoms with Gasteiger partial charge in [0.2, 0.25) is 0 Å². The number of amidine groups is 1. The van der Waals surface area contributed by atoms with Gasteiger partial charge in [-0.05, 0) is 50.6 Å². The zero-order valence-electron chi connectivity index (χ0n) is 15.8. The molecular weight excluding hydrogens is 419 g/mol. The molecule has 2 aromatic rings. The second-order valence-electron chi connectivity index (χ2n) is 7.08. The molecule has 1 aliphatic rings. The minimum atomic E-state index is -3.47. The highest BCUT2D eigenvalue weighted by atomic mass is 35.5. The van der Waals surface area contributed by atoms with Gasteiger partial charge in [-0.1, -0.05) is 11.6 Å². The van der Waals surface area contributed by atoms with E-state index in [1.54, 1.807) is 6.92 Å². The van der Waals surface area contributed by atoms with Gasteiger partial charge in [0.15, 0.2) is 9.84 Å². The molecule has 0 fully saturated rings. The van der Waals surface area contributed by atoms with E-state index in [0.29, 0.717) is 10.7 Å². The first-order valence-electron chi connectivity index (χ1n) is 8.81. The number of hydrogen-bond donors (Lipinski definition) is 2. The number of amides is 1. The molecule has 1 aliphatic heterocycles. The molecule has 0 spiro atoms. The first-order valence-corrected chi connectivity index (χ1v) is 10.9. The minimum Gasteiger partial charge on any atom is -0.386 e. The maximum absolute atomic E-state index is 14.7. The topological polar surface area (TPSA) is 115 Å². The summed E-state index contributed by atoms with van der Waals surface area (Å²) in [6, 6.07) is 7.03. The van der Waals surface area contributed by atoms with Gasteiger partial charge < -0.3 is 11.1 Å². The molecule has 7 nitrogen and oxygen atoms in total. The molecule has 1 unspecified atom stereocenters. The van der Waals surface area contributed by atoms with Gasteiger partial charge >= 0.3 is 0 Å². The van der Waals surface area contributed by atoms with Gasteiger partial charge in [-0.15, -0.1) is 0 Å². The summed E-state index contributed by atoms with van der Waals surface area (Å²) in [4.78, 5) is 20.7. The average molecular weight is 439 g/mol. The van der Waals surface area contributed by atoms with E-state index >= 15 is 0 Å². The second-order valence-corrected chi connectivity index (χ2v) is 9.96. The van der Waals surface area contributed by atoms with Crippen molar-refractivity contribution in [3.05, 3.63) is 58.6 Å². The molecular formula is C19H20ClFN4O3S. The second kappa shape index (κ2) is 7.72. The van der Waals surface area contributed by atoms with Crippen LogP contribution in [0, 0.1) is 5.82 Å². The van der Waals surface area contributed by atoms with E-state index in [9.17, 15) is 17.6 Å². The Hall–Kier alpha value is -2.52. The zero-order chi connectivity index (χ0) is 21.4. The molecule has 29 heavy (non-hydrogen) atoms. The van der Waals surface area contributed by atoms with Crippen molar-refractivity contribution in [2.24, 2.45) is 10.7 Å². The number of nitrogens with zero attached hydrogens (tertiary/aromatic N) is 2. The first kappa shape index (κ1) is 21.2. The predicted molar refractivity (Wildman–Crippen MR) is 110 cm³/mol. The van der Waals surface area contributed by atoms with Crippen LogP contribution in [0.15, 0.2) is 41.5 Å². The summed E-state index contributed by atoms with van der Waals surface area (Å²) < 4.78 is 39.2. The van der Waals surface area contributed by atoms with Gasteiger partial charge in [-0.25, -0.2) is 17.8 Å². The van der Waals surface area contributed by atoms with Crippen LogP contribution in [0.25, 0.3) is 0 Å².